The van der Waals surface area contributed by atoms with Crippen molar-refractivity contribution in [2.24, 2.45) is 0 Å². The maximum atomic E-state index is 11.7. The molecule has 0 bridgehead atoms. The van der Waals surface area contributed by atoms with Gasteiger partial charge in [-0.05, 0) is 37.0 Å². The van der Waals surface area contributed by atoms with Gasteiger partial charge in [0.2, 0.25) is 0 Å². The summed E-state index contributed by atoms with van der Waals surface area (Å²) in [5.74, 6) is 0.986. The number of phenolic OH excluding ortho intramolecular Hbond substituents is 1. The van der Waals surface area contributed by atoms with Crippen LogP contribution in [-0.4, -0.2) is 16.7 Å². The van der Waals surface area contributed by atoms with Crippen LogP contribution in [0.15, 0.2) is 47.6 Å². The van der Waals surface area contributed by atoms with Crippen LogP contribution >= 0.6 is 0 Å². The summed E-state index contributed by atoms with van der Waals surface area (Å²) in [5, 5.41) is 9.56. The Labute approximate surface area is 136 Å². The molecule has 23 heavy (non-hydrogen) atoms. The van der Waals surface area contributed by atoms with E-state index in [-0.39, 0.29) is 11.7 Å². The second kappa shape index (κ2) is 6.95. The number of allylic oxidation sites excluding steroid dienone is 4. The van der Waals surface area contributed by atoms with E-state index >= 15 is 0 Å². The predicted octanol–water partition coefficient (Wildman–Crippen LogP) is 4.22. The van der Waals surface area contributed by atoms with Gasteiger partial charge in [-0.2, -0.15) is 0 Å². The van der Waals surface area contributed by atoms with Gasteiger partial charge in [-0.1, -0.05) is 35.4 Å². The lowest BCUT2D eigenvalue weighted by Crippen LogP contribution is -2.12. The van der Waals surface area contributed by atoms with E-state index in [0.717, 1.165) is 24.8 Å². The minimum absolute atomic E-state index is 0.134. The van der Waals surface area contributed by atoms with E-state index in [0.29, 0.717) is 37.2 Å². The van der Waals surface area contributed by atoms with Crippen LogP contribution in [0.4, 0.5) is 0 Å². The van der Waals surface area contributed by atoms with E-state index in [2.05, 4.69) is 12.2 Å². The number of carbonyl (C=O) groups is 2. The average molecular weight is 310 g/mol. The first-order valence-electron chi connectivity index (χ1n) is 8.33. The lowest BCUT2D eigenvalue weighted by Gasteiger charge is -2.26. The molecule has 1 atom stereocenters. The number of aromatic hydroxyl groups is 1. The molecule has 0 amide bonds. The summed E-state index contributed by atoms with van der Waals surface area (Å²) in [6.07, 6.45) is 9.03. The molecular weight excluding hydrogens is 288 g/mol. The first kappa shape index (κ1) is 15.7. The summed E-state index contributed by atoms with van der Waals surface area (Å²) in [6, 6.07) is 7.31. The van der Waals surface area contributed by atoms with Crippen LogP contribution in [0.2, 0.25) is 0 Å². The molecule has 3 heteroatoms. The second-order valence-electron chi connectivity index (χ2n) is 6.42. The van der Waals surface area contributed by atoms with Crippen molar-refractivity contribution in [3.05, 3.63) is 53.1 Å². The third kappa shape index (κ3) is 3.79. The van der Waals surface area contributed by atoms with Crippen molar-refractivity contribution in [3.8, 4) is 5.75 Å². The van der Waals surface area contributed by atoms with Crippen LogP contribution in [0.3, 0.4) is 0 Å². The van der Waals surface area contributed by atoms with Gasteiger partial charge >= 0.3 is 0 Å². The van der Waals surface area contributed by atoms with E-state index < -0.39 is 0 Å². The van der Waals surface area contributed by atoms with Gasteiger partial charge in [0.15, 0.2) is 0 Å². The Morgan fingerprint density at radius 2 is 1.39 bits per heavy atom. The number of ketones is 2. The molecule has 3 nitrogen and oxygen atoms in total. The van der Waals surface area contributed by atoms with Gasteiger partial charge in [0.05, 0.1) is 0 Å². The summed E-state index contributed by atoms with van der Waals surface area (Å²) in [6.45, 7) is 0. The smallest absolute Gasteiger partial charge is 0.136 e. The lowest BCUT2D eigenvalue weighted by molar-refractivity contribution is -0.119. The molecule has 0 saturated carbocycles. The Morgan fingerprint density at radius 1 is 0.783 bits per heavy atom. The number of benzene rings is 1. The topological polar surface area (TPSA) is 54.4 Å². The molecule has 0 heterocycles. The van der Waals surface area contributed by atoms with Crippen molar-refractivity contribution in [2.75, 3.05) is 0 Å². The van der Waals surface area contributed by atoms with Gasteiger partial charge in [-0.3, -0.25) is 9.59 Å². The zero-order valence-corrected chi connectivity index (χ0v) is 13.3. The van der Waals surface area contributed by atoms with E-state index in [1.54, 1.807) is 12.1 Å². The maximum Gasteiger partial charge on any atom is 0.136 e. The fraction of sp³-hybridized carbons (Fsp3) is 0.400. The van der Waals surface area contributed by atoms with Crippen molar-refractivity contribution < 1.29 is 14.7 Å². The van der Waals surface area contributed by atoms with E-state index in [4.69, 9.17) is 0 Å². The lowest BCUT2D eigenvalue weighted by atomic mass is 9.78. The zero-order valence-electron chi connectivity index (χ0n) is 13.3. The number of carbonyl (C=O) groups excluding carboxylic acids is 2. The SMILES string of the molecule is O=C1CC=C(C(C2=CCC(=O)CC2)c2ccc(O)cc2)CCC1. The second-order valence-corrected chi connectivity index (χ2v) is 6.42. The molecule has 0 aromatic heterocycles. The molecule has 0 spiro atoms. The fourth-order valence-electron chi connectivity index (χ4n) is 3.53. The molecule has 0 fully saturated rings. The van der Waals surface area contributed by atoms with E-state index in [1.165, 1.54) is 11.1 Å². The first-order valence-corrected chi connectivity index (χ1v) is 8.33. The third-order valence-electron chi connectivity index (χ3n) is 4.77. The molecule has 2 aliphatic rings. The van der Waals surface area contributed by atoms with Crippen LogP contribution < -0.4 is 0 Å². The highest BCUT2D eigenvalue weighted by Gasteiger charge is 2.25. The minimum Gasteiger partial charge on any atom is -0.508 e. The van der Waals surface area contributed by atoms with Gasteiger partial charge < -0.3 is 5.11 Å². The predicted molar refractivity (Wildman–Crippen MR) is 89.3 cm³/mol. The molecule has 120 valence electrons. The zero-order chi connectivity index (χ0) is 16.2. The van der Waals surface area contributed by atoms with Crippen LogP contribution in [0, 0.1) is 0 Å². The fourth-order valence-corrected chi connectivity index (χ4v) is 3.53. The number of Topliss-reactive ketones (excluding diaryl/α,β-unsaturated/α-hetero) is 2. The van der Waals surface area contributed by atoms with Crippen molar-refractivity contribution in [2.45, 2.75) is 50.9 Å². The highest BCUT2D eigenvalue weighted by Crippen LogP contribution is 2.40. The van der Waals surface area contributed by atoms with E-state index in [1.807, 2.05) is 12.1 Å². The van der Waals surface area contributed by atoms with Gasteiger partial charge in [0.1, 0.15) is 17.3 Å². The van der Waals surface area contributed by atoms with Crippen LogP contribution in [-0.2, 0) is 9.59 Å². The normalized spacial score (nSPS) is 20.5. The van der Waals surface area contributed by atoms with Crippen molar-refractivity contribution in [1.82, 2.24) is 0 Å². The third-order valence-corrected chi connectivity index (χ3v) is 4.77. The quantitative estimate of drug-likeness (QED) is 0.850. The standard InChI is InChI=1S/C20H22O3/c21-17-3-1-2-14(4-9-17)20(15-5-10-18(22)11-6-15)16-7-12-19(23)13-8-16/h4-7,10-11,20,22H,1-3,8-9,12-13H2. The maximum absolute atomic E-state index is 11.7. The Balaban J connectivity index is 1.97. The Bertz CT molecular complexity index is 665. The summed E-state index contributed by atoms with van der Waals surface area (Å²) >= 11 is 0. The molecule has 3 rings (SSSR count). The van der Waals surface area contributed by atoms with E-state index in [9.17, 15) is 14.7 Å². The number of phenols is 1. The van der Waals surface area contributed by atoms with Gasteiger partial charge in [0, 0.05) is 31.6 Å². The first-order chi connectivity index (χ1) is 11.1. The Hall–Kier alpha value is -2.16. The molecule has 1 aromatic carbocycles. The molecular formula is C20H22O3. The molecule has 0 aliphatic heterocycles. The molecule has 1 unspecified atom stereocenters. The molecule has 0 saturated heterocycles. The number of rotatable bonds is 3. The highest BCUT2D eigenvalue weighted by molar-refractivity contribution is 5.82. The van der Waals surface area contributed by atoms with Crippen molar-refractivity contribution >= 4 is 11.6 Å². The molecule has 2 aliphatic carbocycles. The van der Waals surface area contributed by atoms with Gasteiger partial charge in [-0.15, -0.1) is 0 Å². The average Bonchev–Trinajstić information content (AvgIpc) is 2.76. The van der Waals surface area contributed by atoms with Crippen molar-refractivity contribution in [1.29, 1.82) is 0 Å². The summed E-state index contributed by atoms with van der Waals surface area (Å²) in [5.41, 5.74) is 3.68. The largest absolute Gasteiger partial charge is 0.508 e. The minimum atomic E-state index is 0.134. The van der Waals surface area contributed by atoms with Crippen LogP contribution in [0.5, 0.6) is 5.75 Å². The van der Waals surface area contributed by atoms with Gasteiger partial charge in [-0.25, -0.2) is 0 Å². The number of hydrogen-bond acceptors (Lipinski definition) is 3. The van der Waals surface area contributed by atoms with Crippen LogP contribution in [0.25, 0.3) is 0 Å². The highest BCUT2D eigenvalue weighted by atomic mass is 16.3. The Kier molecular flexibility index (Phi) is 4.75. The molecule has 1 N–H and O–H groups in total. The van der Waals surface area contributed by atoms with Crippen LogP contribution in [0.1, 0.15) is 56.4 Å². The molecule has 0 radical (unpaired) electrons. The monoisotopic (exact) mass is 310 g/mol. The molecule has 1 aromatic rings. The van der Waals surface area contributed by atoms with Gasteiger partial charge in [0.25, 0.3) is 0 Å². The Morgan fingerprint density at radius 3 is 2.00 bits per heavy atom. The summed E-state index contributed by atoms with van der Waals surface area (Å²) in [7, 11) is 0. The number of hydrogen-bond donors (Lipinski definition) is 1. The summed E-state index contributed by atoms with van der Waals surface area (Å²) < 4.78 is 0. The summed E-state index contributed by atoms with van der Waals surface area (Å²) in [4.78, 5) is 23.3. The van der Waals surface area contributed by atoms with Crippen molar-refractivity contribution in [3.63, 3.8) is 0 Å².